The van der Waals surface area contributed by atoms with Crippen LogP contribution in [-0.2, 0) is 6.54 Å². The number of rotatable bonds is 5. The van der Waals surface area contributed by atoms with Gasteiger partial charge in [-0.2, -0.15) is 5.26 Å². The molecule has 0 unspecified atom stereocenters. The molecule has 31 heavy (non-hydrogen) atoms. The minimum absolute atomic E-state index is 0.0176. The second-order valence-corrected chi connectivity index (χ2v) is 9.32. The first kappa shape index (κ1) is 21.8. The topological polar surface area (TPSA) is 59.4 Å². The molecule has 0 spiro atoms. The first-order chi connectivity index (χ1) is 15.1. The van der Waals surface area contributed by atoms with Gasteiger partial charge >= 0.3 is 0 Å². The van der Waals surface area contributed by atoms with E-state index in [1.54, 1.807) is 0 Å². The molecule has 0 radical (unpaired) electrons. The summed E-state index contributed by atoms with van der Waals surface area (Å²) in [6.07, 6.45) is 5.71. The Kier molecular flexibility index (Phi) is 6.89. The van der Waals surface area contributed by atoms with E-state index < -0.39 is 0 Å². The van der Waals surface area contributed by atoms with Crippen molar-refractivity contribution in [2.75, 3.05) is 26.2 Å². The Bertz CT molecular complexity index is 963. The highest BCUT2D eigenvalue weighted by atomic mass is 16.1. The minimum atomic E-state index is -0.0176. The molecule has 1 amide bonds. The minimum Gasteiger partial charge on any atom is -0.349 e. The molecule has 1 saturated heterocycles. The van der Waals surface area contributed by atoms with Crippen molar-refractivity contribution in [3.63, 3.8) is 0 Å². The van der Waals surface area contributed by atoms with Crippen LogP contribution in [0.1, 0.15) is 67.4 Å². The summed E-state index contributed by atoms with van der Waals surface area (Å²) in [5.41, 5.74) is 2.21. The van der Waals surface area contributed by atoms with Gasteiger partial charge in [0.25, 0.3) is 5.91 Å². The molecule has 5 heteroatoms. The second-order valence-electron chi connectivity index (χ2n) is 9.32. The zero-order valence-corrected chi connectivity index (χ0v) is 18.9. The molecule has 1 aliphatic heterocycles. The van der Waals surface area contributed by atoms with Gasteiger partial charge in [0.2, 0.25) is 0 Å². The number of nitrogens with zero attached hydrogens (tertiary/aromatic N) is 3. The molecular formula is C26H34N4O. The SMILES string of the molecule is CC(C)N1CCN(Cc2c(C#N)cc3ccccc3c2C(=O)NC2CCCCC2)CC1. The molecule has 0 atom stereocenters. The Labute approximate surface area is 186 Å². The number of fused-ring (bicyclic) bond motifs is 1. The number of benzene rings is 2. The van der Waals surface area contributed by atoms with Crippen LogP contribution in [-0.4, -0.2) is 54.0 Å². The summed E-state index contributed by atoms with van der Waals surface area (Å²) in [4.78, 5) is 18.4. The fourth-order valence-corrected chi connectivity index (χ4v) is 5.08. The third-order valence-electron chi connectivity index (χ3n) is 6.96. The lowest BCUT2D eigenvalue weighted by Gasteiger charge is -2.37. The Morgan fingerprint density at radius 3 is 2.52 bits per heavy atom. The lowest BCUT2D eigenvalue weighted by molar-refractivity contribution is 0.0919. The van der Waals surface area contributed by atoms with Crippen LogP contribution in [0.15, 0.2) is 30.3 Å². The molecule has 0 aromatic heterocycles. The van der Waals surface area contributed by atoms with E-state index in [0.29, 0.717) is 23.7 Å². The zero-order chi connectivity index (χ0) is 21.8. The fraction of sp³-hybridized carbons (Fsp3) is 0.538. The van der Waals surface area contributed by atoms with Crippen molar-refractivity contribution in [2.24, 2.45) is 0 Å². The predicted octanol–water partition coefficient (Wildman–Crippen LogP) is 4.30. The molecule has 2 aromatic carbocycles. The highest BCUT2D eigenvalue weighted by Gasteiger charge is 2.26. The number of piperazine rings is 1. The molecule has 4 rings (SSSR count). The number of carbonyl (C=O) groups is 1. The highest BCUT2D eigenvalue weighted by molar-refractivity contribution is 6.09. The summed E-state index contributed by atoms with van der Waals surface area (Å²) in [6.45, 7) is 9.08. The number of carbonyl (C=O) groups excluding carboxylic acids is 1. The molecule has 164 valence electrons. The van der Waals surface area contributed by atoms with Gasteiger partial charge in [-0.3, -0.25) is 14.6 Å². The maximum atomic E-state index is 13.6. The molecule has 5 nitrogen and oxygen atoms in total. The Morgan fingerprint density at radius 1 is 1.13 bits per heavy atom. The van der Waals surface area contributed by atoms with E-state index in [1.165, 1.54) is 19.3 Å². The first-order valence-electron chi connectivity index (χ1n) is 11.8. The van der Waals surface area contributed by atoms with Crippen LogP contribution < -0.4 is 5.32 Å². The van der Waals surface area contributed by atoms with Crippen LogP contribution in [0, 0.1) is 11.3 Å². The molecular weight excluding hydrogens is 384 g/mol. The number of nitriles is 1. The molecule has 1 heterocycles. The van der Waals surface area contributed by atoms with Crippen LogP contribution in [0.2, 0.25) is 0 Å². The standard InChI is InChI=1S/C26H34N4O/c1-19(2)30-14-12-29(13-15-30)18-24-21(17-27)16-20-8-6-7-11-23(20)25(24)26(31)28-22-9-4-3-5-10-22/h6-8,11,16,19,22H,3-5,9-10,12-15,18H2,1-2H3,(H,28,31). The number of hydrogen-bond donors (Lipinski definition) is 1. The van der Waals surface area contributed by atoms with Gasteiger partial charge in [-0.1, -0.05) is 43.5 Å². The summed E-state index contributed by atoms with van der Waals surface area (Å²) in [6, 6.07) is 13.1. The summed E-state index contributed by atoms with van der Waals surface area (Å²) < 4.78 is 0. The highest BCUT2D eigenvalue weighted by Crippen LogP contribution is 2.28. The van der Waals surface area contributed by atoms with Gasteiger partial charge in [-0.25, -0.2) is 0 Å². The molecule has 0 bridgehead atoms. The van der Waals surface area contributed by atoms with E-state index in [4.69, 9.17) is 0 Å². The molecule has 2 aliphatic rings. The second kappa shape index (κ2) is 9.80. The Morgan fingerprint density at radius 2 is 1.84 bits per heavy atom. The van der Waals surface area contributed by atoms with E-state index in [2.05, 4.69) is 35.0 Å². The average molecular weight is 419 g/mol. The maximum Gasteiger partial charge on any atom is 0.252 e. The third-order valence-corrected chi connectivity index (χ3v) is 6.96. The van der Waals surface area contributed by atoms with Gasteiger partial charge < -0.3 is 5.32 Å². The fourth-order valence-electron chi connectivity index (χ4n) is 5.08. The van der Waals surface area contributed by atoms with E-state index in [1.807, 2.05) is 30.3 Å². The number of hydrogen-bond acceptors (Lipinski definition) is 4. The zero-order valence-electron chi connectivity index (χ0n) is 18.9. The van der Waals surface area contributed by atoms with Crippen molar-refractivity contribution in [2.45, 2.75) is 64.6 Å². The van der Waals surface area contributed by atoms with Gasteiger partial charge in [0.1, 0.15) is 0 Å². The summed E-state index contributed by atoms with van der Waals surface area (Å²) >= 11 is 0. The molecule has 2 aromatic rings. The predicted molar refractivity (Wildman–Crippen MR) is 125 cm³/mol. The van der Waals surface area contributed by atoms with Crippen molar-refractivity contribution in [3.8, 4) is 6.07 Å². The molecule has 1 N–H and O–H groups in total. The Hall–Kier alpha value is -2.42. The monoisotopic (exact) mass is 418 g/mol. The quantitative estimate of drug-likeness (QED) is 0.786. The molecule has 2 fully saturated rings. The van der Waals surface area contributed by atoms with Gasteiger partial charge in [0, 0.05) is 44.8 Å². The van der Waals surface area contributed by atoms with Crippen molar-refractivity contribution in [1.82, 2.24) is 15.1 Å². The largest absolute Gasteiger partial charge is 0.349 e. The smallest absolute Gasteiger partial charge is 0.252 e. The van der Waals surface area contributed by atoms with Crippen molar-refractivity contribution in [1.29, 1.82) is 5.26 Å². The normalized spacial score (nSPS) is 18.9. The molecule has 1 saturated carbocycles. The third kappa shape index (κ3) is 4.92. The van der Waals surface area contributed by atoms with Gasteiger partial charge in [0.15, 0.2) is 0 Å². The average Bonchev–Trinajstić information content (AvgIpc) is 2.79. The first-order valence-corrected chi connectivity index (χ1v) is 11.8. The van der Waals surface area contributed by atoms with E-state index in [9.17, 15) is 10.1 Å². The lowest BCUT2D eigenvalue weighted by Crippen LogP contribution is -2.48. The van der Waals surface area contributed by atoms with Crippen LogP contribution in [0.5, 0.6) is 0 Å². The van der Waals surface area contributed by atoms with Crippen molar-refractivity contribution < 1.29 is 4.79 Å². The van der Waals surface area contributed by atoms with Crippen LogP contribution in [0.3, 0.4) is 0 Å². The summed E-state index contributed by atoms with van der Waals surface area (Å²) in [5.74, 6) is -0.0176. The summed E-state index contributed by atoms with van der Waals surface area (Å²) in [7, 11) is 0. The van der Waals surface area contributed by atoms with Crippen molar-refractivity contribution >= 4 is 16.7 Å². The van der Waals surface area contributed by atoms with Gasteiger partial charge in [-0.15, -0.1) is 0 Å². The lowest BCUT2D eigenvalue weighted by atomic mass is 9.91. The van der Waals surface area contributed by atoms with Gasteiger partial charge in [-0.05, 0) is 49.1 Å². The van der Waals surface area contributed by atoms with E-state index in [-0.39, 0.29) is 11.9 Å². The number of amides is 1. The van der Waals surface area contributed by atoms with E-state index >= 15 is 0 Å². The maximum absolute atomic E-state index is 13.6. The molecule has 1 aliphatic carbocycles. The van der Waals surface area contributed by atoms with Crippen LogP contribution >= 0.6 is 0 Å². The van der Waals surface area contributed by atoms with Crippen molar-refractivity contribution in [3.05, 3.63) is 47.0 Å². The van der Waals surface area contributed by atoms with Gasteiger partial charge in [0.05, 0.1) is 17.2 Å². The summed E-state index contributed by atoms with van der Waals surface area (Å²) in [5, 5.41) is 15.2. The van der Waals surface area contributed by atoms with E-state index in [0.717, 1.165) is 55.4 Å². The van der Waals surface area contributed by atoms with Crippen LogP contribution in [0.4, 0.5) is 0 Å². The Balaban J connectivity index is 1.67. The van der Waals surface area contributed by atoms with Crippen LogP contribution in [0.25, 0.3) is 10.8 Å². The number of nitrogens with one attached hydrogen (secondary N) is 1.